The van der Waals surface area contributed by atoms with Crippen LogP contribution in [0.3, 0.4) is 0 Å². The molecule has 0 spiro atoms. The quantitative estimate of drug-likeness (QED) is 0.741. The molecule has 3 fully saturated rings. The van der Waals surface area contributed by atoms with E-state index in [0.717, 1.165) is 5.57 Å². The first-order valence-corrected chi connectivity index (χ1v) is 9.00. The number of aliphatic hydroxyl groups is 1. The van der Waals surface area contributed by atoms with E-state index in [1.165, 1.54) is 6.08 Å². The number of hydrogen-bond acceptors (Lipinski definition) is 3. The van der Waals surface area contributed by atoms with Crippen molar-refractivity contribution in [3.05, 3.63) is 23.8 Å². The topological polar surface area (TPSA) is 54.4 Å². The Balaban J connectivity index is 1.84. The standard InChI is InChI=1S/C20H25FO3/c1-11-8-15-14-5-4-12-9-13(22)6-7-19(12,3)20(14,21)16(23)10-18(15,2)17(11)24/h6-7,9,11,14-16,23H,4-5,8,10H2,1-3H3/t11-,14-,15-,16+,18-,19-,20-/m0/s1. The third kappa shape index (κ3) is 1.66. The van der Waals surface area contributed by atoms with Crippen LogP contribution < -0.4 is 0 Å². The van der Waals surface area contributed by atoms with Crippen molar-refractivity contribution in [1.82, 2.24) is 0 Å². The van der Waals surface area contributed by atoms with Gasteiger partial charge in [-0.3, -0.25) is 9.59 Å². The van der Waals surface area contributed by atoms with Crippen LogP contribution in [0.4, 0.5) is 4.39 Å². The number of hydrogen-bond donors (Lipinski definition) is 1. The molecule has 0 bridgehead atoms. The van der Waals surface area contributed by atoms with Gasteiger partial charge < -0.3 is 5.11 Å². The van der Waals surface area contributed by atoms with E-state index in [1.54, 1.807) is 19.1 Å². The van der Waals surface area contributed by atoms with Gasteiger partial charge in [-0.25, -0.2) is 4.39 Å². The number of allylic oxidation sites excluding steroid dienone is 4. The van der Waals surface area contributed by atoms with Gasteiger partial charge in [0.2, 0.25) is 0 Å². The third-order valence-corrected chi connectivity index (χ3v) is 7.65. The van der Waals surface area contributed by atoms with Crippen molar-refractivity contribution in [3.8, 4) is 0 Å². The van der Waals surface area contributed by atoms with E-state index in [-0.39, 0.29) is 35.7 Å². The largest absolute Gasteiger partial charge is 0.390 e. The zero-order valence-electron chi connectivity index (χ0n) is 14.5. The van der Waals surface area contributed by atoms with E-state index in [1.807, 2.05) is 13.8 Å². The van der Waals surface area contributed by atoms with Crippen LogP contribution in [0.2, 0.25) is 0 Å². The zero-order chi connectivity index (χ0) is 17.5. The molecule has 4 rings (SSSR count). The summed E-state index contributed by atoms with van der Waals surface area (Å²) in [7, 11) is 0. The predicted molar refractivity (Wildman–Crippen MR) is 87.9 cm³/mol. The van der Waals surface area contributed by atoms with E-state index in [0.29, 0.717) is 19.3 Å². The van der Waals surface area contributed by atoms with Crippen molar-refractivity contribution in [2.24, 2.45) is 28.6 Å². The van der Waals surface area contributed by atoms with Gasteiger partial charge in [-0.1, -0.05) is 25.5 Å². The molecular formula is C20H25FO3. The number of ketones is 2. The van der Waals surface area contributed by atoms with Crippen LogP contribution in [-0.4, -0.2) is 28.4 Å². The number of fused-ring (bicyclic) bond motifs is 5. The Bertz CT molecular complexity index is 695. The Hall–Kier alpha value is -1.29. The maximum absolute atomic E-state index is 16.6. The molecule has 130 valence electrons. The minimum Gasteiger partial charge on any atom is -0.390 e. The third-order valence-electron chi connectivity index (χ3n) is 7.65. The van der Waals surface area contributed by atoms with Crippen molar-refractivity contribution in [1.29, 1.82) is 0 Å². The van der Waals surface area contributed by atoms with Crippen molar-refractivity contribution < 1.29 is 19.1 Å². The molecule has 24 heavy (non-hydrogen) atoms. The Morgan fingerprint density at radius 2 is 1.96 bits per heavy atom. The second-order valence-corrected chi connectivity index (χ2v) is 8.77. The fourth-order valence-electron chi connectivity index (χ4n) is 6.33. The molecule has 4 heteroatoms. The summed E-state index contributed by atoms with van der Waals surface area (Å²) in [5.41, 5.74) is -2.61. The van der Waals surface area contributed by atoms with Crippen LogP contribution in [0, 0.1) is 28.6 Å². The summed E-state index contributed by atoms with van der Waals surface area (Å²) in [6, 6.07) is 0. The molecule has 1 N–H and O–H groups in total. The highest BCUT2D eigenvalue weighted by molar-refractivity contribution is 6.01. The molecule has 0 unspecified atom stereocenters. The SMILES string of the molecule is C[C@H]1C[C@H]2[C@@H]3CCC4=CC(=O)C=C[C@]4(C)[C@@]3(F)[C@H](O)C[C@]2(C)C1=O. The monoisotopic (exact) mass is 332 g/mol. The normalized spacial score (nSPS) is 53.3. The molecule has 4 aliphatic carbocycles. The smallest absolute Gasteiger partial charge is 0.178 e. The maximum atomic E-state index is 16.6. The van der Waals surface area contributed by atoms with Crippen LogP contribution >= 0.6 is 0 Å². The molecule has 4 aliphatic rings. The molecular weight excluding hydrogens is 307 g/mol. The first-order chi connectivity index (χ1) is 11.1. The van der Waals surface area contributed by atoms with Gasteiger partial charge in [-0.2, -0.15) is 0 Å². The Kier molecular flexibility index (Phi) is 3.14. The van der Waals surface area contributed by atoms with E-state index in [9.17, 15) is 14.7 Å². The van der Waals surface area contributed by atoms with Gasteiger partial charge in [0.15, 0.2) is 11.5 Å². The number of halogens is 1. The van der Waals surface area contributed by atoms with Crippen molar-refractivity contribution in [2.45, 2.75) is 58.2 Å². The molecule has 3 saturated carbocycles. The predicted octanol–water partition coefficient (Wildman–Crippen LogP) is 3.17. The molecule has 0 aromatic rings. The van der Waals surface area contributed by atoms with E-state index >= 15 is 4.39 Å². The first-order valence-electron chi connectivity index (χ1n) is 9.00. The summed E-state index contributed by atoms with van der Waals surface area (Å²) >= 11 is 0. The van der Waals surface area contributed by atoms with Crippen molar-refractivity contribution in [3.63, 3.8) is 0 Å². The summed E-state index contributed by atoms with van der Waals surface area (Å²) < 4.78 is 16.6. The molecule has 7 atom stereocenters. The van der Waals surface area contributed by atoms with E-state index in [2.05, 4.69) is 0 Å². The number of alkyl halides is 1. The maximum Gasteiger partial charge on any atom is 0.178 e. The Labute approximate surface area is 142 Å². The van der Waals surface area contributed by atoms with Gasteiger partial charge in [0.1, 0.15) is 5.78 Å². The van der Waals surface area contributed by atoms with Crippen LogP contribution in [-0.2, 0) is 9.59 Å². The fraction of sp³-hybridized carbons (Fsp3) is 0.700. The number of rotatable bonds is 0. The highest BCUT2D eigenvalue weighted by Gasteiger charge is 2.71. The van der Waals surface area contributed by atoms with Crippen LogP contribution in [0.25, 0.3) is 0 Å². The highest BCUT2D eigenvalue weighted by atomic mass is 19.1. The minimum atomic E-state index is -1.82. The molecule has 3 nitrogen and oxygen atoms in total. The lowest BCUT2D eigenvalue weighted by Crippen LogP contribution is -2.66. The van der Waals surface area contributed by atoms with Crippen LogP contribution in [0.15, 0.2) is 23.8 Å². The van der Waals surface area contributed by atoms with Crippen LogP contribution in [0.5, 0.6) is 0 Å². The molecule has 0 radical (unpaired) electrons. The second kappa shape index (κ2) is 4.66. The molecule has 0 aromatic carbocycles. The van der Waals surface area contributed by atoms with Gasteiger partial charge in [0.05, 0.1) is 6.10 Å². The number of aliphatic hydroxyl groups excluding tert-OH is 1. The first kappa shape index (κ1) is 16.2. The summed E-state index contributed by atoms with van der Waals surface area (Å²) in [6.07, 6.45) is 5.57. The lowest BCUT2D eigenvalue weighted by atomic mass is 9.46. The molecule has 0 amide bonds. The summed E-state index contributed by atoms with van der Waals surface area (Å²) in [4.78, 5) is 24.4. The number of Topliss-reactive ketones (excluding diaryl/α,β-unsaturated/α-hetero) is 1. The van der Waals surface area contributed by atoms with Gasteiger partial charge in [-0.15, -0.1) is 0 Å². The summed E-state index contributed by atoms with van der Waals surface area (Å²) in [5, 5.41) is 10.9. The average Bonchev–Trinajstić information content (AvgIpc) is 2.74. The molecule has 0 aromatic heterocycles. The highest BCUT2D eigenvalue weighted by Crippen LogP contribution is 2.67. The van der Waals surface area contributed by atoms with Crippen molar-refractivity contribution in [2.75, 3.05) is 0 Å². The van der Waals surface area contributed by atoms with Gasteiger partial charge in [0.25, 0.3) is 0 Å². The average molecular weight is 332 g/mol. The summed E-state index contributed by atoms with van der Waals surface area (Å²) in [5.74, 6) is -0.375. The molecule has 0 heterocycles. The minimum absolute atomic E-state index is 0.0298. The van der Waals surface area contributed by atoms with Gasteiger partial charge in [0, 0.05) is 22.7 Å². The van der Waals surface area contributed by atoms with Gasteiger partial charge in [-0.05, 0) is 50.7 Å². The zero-order valence-corrected chi connectivity index (χ0v) is 14.5. The molecule has 0 saturated heterocycles. The Morgan fingerprint density at radius 1 is 1.25 bits per heavy atom. The number of carbonyl (C=O) groups excluding carboxylic acids is 2. The summed E-state index contributed by atoms with van der Waals surface area (Å²) in [6.45, 7) is 5.65. The number of carbonyl (C=O) groups is 2. The lowest BCUT2D eigenvalue weighted by Gasteiger charge is -2.60. The van der Waals surface area contributed by atoms with E-state index < -0.39 is 22.6 Å². The molecule has 0 aliphatic heterocycles. The van der Waals surface area contributed by atoms with Crippen molar-refractivity contribution >= 4 is 11.6 Å². The second-order valence-electron chi connectivity index (χ2n) is 8.77. The fourth-order valence-corrected chi connectivity index (χ4v) is 6.33. The van der Waals surface area contributed by atoms with Crippen LogP contribution in [0.1, 0.15) is 46.5 Å². The van der Waals surface area contributed by atoms with Gasteiger partial charge >= 0.3 is 0 Å². The Morgan fingerprint density at radius 3 is 2.67 bits per heavy atom. The lowest BCUT2D eigenvalue weighted by molar-refractivity contribution is -0.190. The van der Waals surface area contributed by atoms with E-state index in [4.69, 9.17) is 0 Å².